The lowest BCUT2D eigenvalue weighted by atomic mass is 10.2. The van der Waals surface area contributed by atoms with E-state index in [9.17, 15) is 10.1 Å². The van der Waals surface area contributed by atoms with Gasteiger partial charge in [0, 0.05) is 37.8 Å². The molecule has 1 aliphatic heterocycles. The van der Waals surface area contributed by atoms with Gasteiger partial charge in [0.2, 0.25) is 17.5 Å². The molecule has 0 unspecified atom stereocenters. The zero-order valence-electron chi connectivity index (χ0n) is 18.3. The third-order valence-electron chi connectivity index (χ3n) is 5.30. The monoisotopic (exact) mass is 444 g/mol. The molecule has 1 aromatic heterocycles. The van der Waals surface area contributed by atoms with E-state index in [4.69, 9.17) is 13.9 Å². The molecule has 168 valence electrons. The summed E-state index contributed by atoms with van der Waals surface area (Å²) in [5, 5.41) is 9.52. The van der Waals surface area contributed by atoms with Crippen LogP contribution in [0, 0.1) is 11.3 Å². The molecule has 33 heavy (non-hydrogen) atoms. The number of aromatic nitrogens is 1. The predicted octanol–water partition coefficient (Wildman–Crippen LogP) is 3.45. The highest BCUT2D eigenvalue weighted by Crippen LogP contribution is 2.25. The average Bonchev–Trinajstić information content (AvgIpc) is 3.30. The van der Waals surface area contributed by atoms with E-state index in [2.05, 4.69) is 11.1 Å². The standard InChI is InChI=1S/C25H24N4O4/c1-31-22-10-6-5-7-19(22)11-12-23-27-21(17-26)25(33-23)29-15-13-28(14-16-29)24(30)18-32-20-8-3-2-4-9-20/h2-12H,13-16,18H2,1H3/b12-11+. The predicted molar refractivity (Wildman–Crippen MR) is 124 cm³/mol. The van der Waals surface area contributed by atoms with E-state index in [0.717, 1.165) is 11.3 Å². The van der Waals surface area contributed by atoms with E-state index in [0.29, 0.717) is 43.7 Å². The number of carbonyl (C=O) groups excluding carboxylic acids is 1. The van der Waals surface area contributed by atoms with Gasteiger partial charge in [-0.25, -0.2) is 0 Å². The van der Waals surface area contributed by atoms with Crippen LogP contribution in [0.15, 0.2) is 59.0 Å². The number of amides is 1. The molecule has 0 bridgehead atoms. The van der Waals surface area contributed by atoms with Crippen LogP contribution in [0.4, 0.5) is 5.88 Å². The summed E-state index contributed by atoms with van der Waals surface area (Å²) in [7, 11) is 1.61. The van der Waals surface area contributed by atoms with Gasteiger partial charge in [-0.05, 0) is 24.3 Å². The molecule has 4 rings (SSSR count). The summed E-state index contributed by atoms with van der Waals surface area (Å²) in [6.45, 7) is 2.09. The molecule has 1 aliphatic rings. The van der Waals surface area contributed by atoms with E-state index >= 15 is 0 Å². The number of piperazine rings is 1. The van der Waals surface area contributed by atoms with Gasteiger partial charge >= 0.3 is 0 Å². The van der Waals surface area contributed by atoms with E-state index in [1.807, 2.05) is 65.6 Å². The first-order valence-electron chi connectivity index (χ1n) is 10.6. The normalized spacial score (nSPS) is 13.7. The zero-order valence-corrected chi connectivity index (χ0v) is 18.3. The number of oxazole rings is 1. The Morgan fingerprint density at radius 3 is 2.55 bits per heavy atom. The number of ether oxygens (including phenoxy) is 2. The first-order valence-corrected chi connectivity index (χ1v) is 10.6. The lowest BCUT2D eigenvalue weighted by Gasteiger charge is -2.34. The average molecular weight is 444 g/mol. The number of nitriles is 1. The van der Waals surface area contributed by atoms with E-state index in [1.165, 1.54) is 0 Å². The smallest absolute Gasteiger partial charge is 0.260 e. The molecule has 0 N–H and O–H groups in total. The van der Waals surface area contributed by atoms with Gasteiger partial charge in [-0.15, -0.1) is 0 Å². The van der Waals surface area contributed by atoms with Crippen LogP contribution in [0.1, 0.15) is 17.1 Å². The summed E-state index contributed by atoms with van der Waals surface area (Å²) in [5.74, 6) is 2.08. The van der Waals surface area contributed by atoms with Crippen LogP contribution in [0.3, 0.4) is 0 Å². The molecule has 0 spiro atoms. The van der Waals surface area contributed by atoms with Gasteiger partial charge in [0.15, 0.2) is 6.61 Å². The summed E-state index contributed by atoms with van der Waals surface area (Å²) < 4.78 is 16.8. The van der Waals surface area contributed by atoms with Gasteiger partial charge in [-0.2, -0.15) is 10.2 Å². The van der Waals surface area contributed by atoms with Crippen molar-refractivity contribution in [2.24, 2.45) is 0 Å². The molecule has 0 atom stereocenters. The second-order valence-corrected chi connectivity index (χ2v) is 7.36. The third kappa shape index (κ3) is 5.33. The van der Waals surface area contributed by atoms with Gasteiger partial charge in [0.05, 0.1) is 7.11 Å². The fraction of sp³-hybridized carbons (Fsp3) is 0.240. The van der Waals surface area contributed by atoms with Crippen LogP contribution in [-0.4, -0.2) is 55.7 Å². The van der Waals surface area contributed by atoms with Crippen molar-refractivity contribution in [3.63, 3.8) is 0 Å². The Labute approximate surface area is 192 Å². The number of para-hydroxylation sites is 2. The fourth-order valence-electron chi connectivity index (χ4n) is 3.56. The maximum Gasteiger partial charge on any atom is 0.260 e. The summed E-state index contributed by atoms with van der Waals surface area (Å²) in [6, 6.07) is 19.0. The largest absolute Gasteiger partial charge is 0.496 e. The van der Waals surface area contributed by atoms with Crippen molar-refractivity contribution in [1.29, 1.82) is 5.26 Å². The Morgan fingerprint density at radius 1 is 1.09 bits per heavy atom. The SMILES string of the molecule is COc1ccccc1/C=C/c1nc(C#N)c(N2CCN(C(=O)COc3ccccc3)CC2)o1. The molecular formula is C25H24N4O4. The van der Waals surface area contributed by atoms with Crippen LogP contribution < -0.4 is 14.4 Å². The first-order chi connectivity index (χ1) is 16.2. The Balaban J connectivity index is 1.37. The minimum absolute atomic E-state index is 0.00629. The molecule has 0 aliphatic carbocycles. The quantitative estimate of drug-likeness (QED) is 0.551. The van der Waals surface area contributed by atoms with Crippen molar-refractivity contribution < 1.29 is 18.7 Å². The highest BCUT2D eigenvalue weighted by atomic mass is 16.5. The van der Waals surface area contributed by atoms with Crippen molar-refractivity contribution in [3.8, 4) is 17.6 Å². The van der Waals surface area contributed by atoms with Crippen molar-refractivity contribution in [2.75, 3.05) is 44.8 Å². The number of hydrogen-bond acceptors (Lipinski definition) is 7. The molecule has 2 heterocycles. The molecule has 1 saturated heterocycles. The van der Waals surface area contributed by atoms with Crippen LogP contribution in [0.25, 0.3) is 12.2 Å². The highest BCUT2D eigenvalue weighted by Gasteiger charge is 2.26. The summed E-state index contributed by atoms with van der Waals surface area (Å²) in [6.07, 6.45) is 3.54. The van der Waals surface area contributed by atoms with Crippen LogP contribution >= 0.6 is 0 Å². The number of hydrogen-bond donors (Lipinski definition) is 0. The first kappa shape index (κ1) is 22.0. The number of nitrogens with zero attached hydrogens (tertiary/aromatic N) is 4. The Kier molecular flexibility index (Phi) is 6.90. The molecule has 2 aromatic carbocycles. The van der Waals surface area contributed by atoms with Crippen molar-refractivity contribution >= 4 is 23.9 Å². The van der Waals surface area contributed by atoms with Crippen molar-refractivity contribution in [1.82, 2.24) is 9.88 Å². The molecule has 8 nitrogen and oxygen atoms in total. The maximum atomic E-state index is 12.5. The van der Waals surface area contributed by atoms with Crippen molar-refractivity contribution in [2.45, 2.75) is 0 Å². The van der Waals surface area contributed by atoms with Gasteiger partial charge in [-0.3, -0.25) is 4.79 Å². The number of methoxy groups -OCH3 is 1. The maximum absolute atomic E-state index is 12.5. The molecule has 1 fully saturated rings. The molecule has 0 radical (unpaired) electrons. The van der Waals surface area contributed by atoms with E-state index in [1.54, 1.807) is 18.1 Å². The Bertz CT molecular complexity index is 1160. The van der Waals surface area contributed by atoms with Gasteiger partial charge < -0.3 is 23.7 Å². The topological polar surface area (TPSA) is 91.8 Å². The highest BCUT2D eigenvalue weighted by molar-refractivity contribution is 5.78. The number of benzene rings is 2. The number of anilines is 1. The second-order valence-electron chi connectivity index (χ2n) is 7.36. The van der Waals surface area contributed by atoms with Gasteiger partial charge in [0.25, 0.3) is 5.91 Å². The van der Waals surface area contributed by atoms with Gasteiger partial charge in [0.1, 0.15) is 17.6 Å². The lowest BCUT2D eigenvalue weighted by molar-refractivity contribution is -0.133. The molecular weight excluding hydrogens is 420 g/mol. The Morgan fingerprint density at radius 2 is 1.82 bits per heavy atom. The molecule has 3 aromatic rings. The minimum atomic E-state index is -0.0722. The van der Waals surface area contributed by atoms with Crippen LogP contribution in [-0.2, 0) is 4.79 Å². The molecule has 1 amide bonds. The van der Waals surface area contributed by atoms with E-state index in [-0.39, 0.29) is 18.2 Å². The zero-order chi connectivity index (χ0) is 23.0. The van der Waals surface area contributed by atoms with E-state index < -0.39 is 0 Å². The second kappa shape index (κ2) is 10.4. The number of carbonyl (C=O) groups is 1. The summed E-state index contributed by atoms with van der Waals surface area (Å²) in [4.78, 5) is 20.5. The summed E-state index contributed by atoms with van der Waals surface area (Å²) in [5.41, 5.74) is 1.10. The van der Waals surface area contributed by atoms with Gasteiger partial charge in [-0.1, -0.05) is 36.4 Å². The van der Waals surface area contributed by atoms with Crippen LogP contribution in [0.5, 0.6) is 11.5 Å². The van der Waals surface area contributed by atoms with Crippen LogP contribution in [0.2, 0.25) is 0 Å². The molecule has 0 saturated carbocycles. The fourth-order valence-corrected chi connectivity index (χ4v) is 3.56. The third-order valence-corrected chi connectivity index (χ3v) is 5.30. The minimum Gasteiger partial charge on any atom is -0.496 e. The Hall–Kier alpha value is -4.25. The lowest BCUT2D eigenvalue weighted by Crippen LogP contribution is -2.50. The number of rotatable bonds is 7. The van der Waals surface area contributed by atoms with Crippen molar-refractivity contribution in [3.05, 3.63) is 71.7 Å². The molecule has 8 heteroatoms. The summed E-state index contributed by atoms with van der Waals surface area (Å²) >= 11 is 0.